The molecular formula is C23H31N3O7S. The van der Waals surface area contributed by atoms with E-state index < -0.39 is 27.2 Å². The van der Waals surface area contributed by atoms with E-state index in [1.54, 1.807) is 6.07 Å². The van der Waals surface area contributed by atoms with Crippen molar-refractivity contribution >= 4 is 21.5 Å². The van der Waals surface area contributed by atoms with Gasteiger partial charge in [0.1, 0.15) is 0 Å². The van der Waals surface area contributed by atoms with Crippen molar-refractivity contribution in [3.05, 3.63) is 51.3 Å². The van der Waals surface area contributed by atoms with Gasteiger partial charge in [0.25, 0.3) is 0 Å². The van der Waals surface area contributed by atoms with E-state index in [-0.39, 0.29) is 42.7 Å². The molecule has 1 aliphatic rings. The Hall–Kier alpha value is -2.76. The molecule has 10 nitrogen and oxygen atoms in total. The summed E-state index contributed by atoms with van der Waals surface area (Å²) in [5.41, 5.74) is 1.79. The normalized spacial score (nSPS) is 15.0. The molecule has 1 aliphatic heterocycles. The standard InChI is InChI=1S/C23H31N3O7S/c1-16(2)7-8-25-17(3)13-20(18(25)4)22(27)15-33-23-6-5-19(14-21(23)26(28)29)34(30,31)24-9-11-32-12-10-24/h5-6,13-14,16H,7-12,15H2,1-4H3. The fourth-order valence-electron chi connectivity index (χ4n) is 3.89. The molecule has 0 atom stereocenters. The van der Waals surface area contributed by atoms with Gasteiger partial charge in [-0.1, -0.05) is 13.8 Å². The number of benzene rings is 1. The van der Waals surface area contributed by atoms with Crippen LogP contribution in [-0.4, -0.2) is 60.9 Å². The first kappa shape index (κ1) is 25.9. The largest absolute Gasteiger partial charge is 0.478 e. The number of ketones is 1. The van der Waals surface area contributed by atoms with Gasteiger partial charge in [-0.3, -0.25) is 14.9 Å². The third kappa shape index (κ3) is 5.65. The van der Waals surface area contributed by atoms with E-state index in [4.69, 9.17) is 9.47 Å². The van der Waals surface area contributed by atoms with Crippen LogP contribution in [0.5, 0.6) is 5.75 Å². The topological polar surface area (TPSA) is 121 Å². The molecule has 0 unspecified atom stereocenters. The zero-order valence-corrected chi connectivity index (χ0v) is 20.8. The van der Waals surface area contributed by atoms with Crippen LogP contribution in [0.25, 0.3) is 0 Å². The number of nitro groups is 1. The number of sulfonamides is 1. The first-order valence-corrected chi connectivity index (χ1v) is 12.7. The summed E-state index contributed by atoms with van der Waals surface area (Å²) in [5.74, 6) is 0.0652. The highest BCUT2D eigenvalue weighted by molar-refractivity contribution is 7.89. The van der Waals surface area contributed by atoms with Crippen LogP contribution in [0.4, 0.5) is 5.69 Å². The van der Waals surface area contributed by atoms with Crippen molar-refractivity contribution in [2.24, 2.45) is 5.92 Å². The van der Waals surface area contributed by atoms with Gasteiger partial charge in [-0.05, 0) is 44.4 Å². The fourth-order valence-corrected chi connectivity index (χ4v) is 5.32. The predicted octanol–water partition coefficient (Wildman–Crippen LogP) is 3.34. The van der Waals surface area contributed by atoms with Gasteiger partial charge in [0.15, 0.2) is 12.4 Å². The summed E-state index contributed by atoms with van der Waals surface area (Å²) in [6.07, 6.45) is 0.979. The fraction of sp³-hybridized carbons (Fsp3) is 0.522. The van der Waals surface area contributed by atoms with Crippen LogP contribution < -0.4 is 4.74 Å². The van der Waals surface area contributed by atoms with Crippen molar-refractivity contribution in [2.45, 2.75) is 45.6 Å². The van der Waals surface area contributed by atoms with Crippen molar-refractivity contribution in [2.75, 3.05) is 32.9 Å². The highest BCUT2D eigenvalue weighted by atomic mass is 32.2. The molecule has 0 N–H and O–H groups in total. The van der Waals surface area contributed by atoms with Gasteiger partial charge in [0.2, 0.25) is 15.8 Å². The zero-order chi connectivity index (χ0) is 25.0. The molecule has 11 heteroatoms. The molecule has 2 heterocycles. The van der Waals surface area contributed by atoms with Gasteiger partial charge in [0.05, 0.1) is 23.0 Å². The number of aromatic nitrogens is 1. The monoisotopic (exact) mass is 493 g/mol. The van der Waals surface area contributed by atoms with E-state index in [0.29, 0.717) is 11.5 Å². The van der Waals surface area contributed by atoms with Crippen molar-refractivity contribution in [1.29, 1.82) is 0 Å². The molecule has 0 saturated carbocycles. The van der Waals surface area contributed by atoms with E-state index in [9.17, 15) is 23.3 Å². The van der Waals surface area contributed by atoms with Crippen LogP contribution in [0.1, 0.15) is 42.0 Å². The molecule has 1 saturated heterocycles. The lowest BCUT2D eigenvalue weighted by molar-refractivity contribution is -0.386. The maximum Gasteiger partial charge on any atom is 0.312 e. The predicted molar refractivity (Wildman–Crippen MR) is 126 cm³/mol. The minimum absolute atomic E-state index is 0.159. The molecule has 1 aromatic carbocycles. The summed E-state index contributed by atoms with van der Waals surface area (Å²) in [7, 11) is -3.90. The summed E-state index contributed by atoms with van der Waals surface area (Å²) in [4.78, 5) is 23.6. The highest BCUT2D eigenvalue weighted by Crippen LogP contribution is 2.31. The zero-order valence-electron chi connectivity index (χ0n) is 19.9. The molecule has 2 aromatic rings. The van der Waals surface area contributed by atoms with Crippen LogP contribution in [0.2, 0.25) is 0 Å². The number of carbonyl (C=O) groups excluding carboxylic acids is 1. The Kier molecular flexibility index (Phi) is 8.11. The summed E-state index contributed by atoms with van der Waals surface area (Å²) < 4.78 is 39.7. The van der Waals surface area contributed by atoms with Crippen LogP contribution in [0, 0.1) is 29.9 Å². The van der Waals surface area contributed by atoms with E-state index in [1.165, 1.54) is 16.4 Å². The third-order valence-electron chi connectivity index (χ3n) is 5.90. The van der Waals surface area contributed by atoms with Gasteiger partial charge in [-0.2, -0.15) is 4.31 Å². The second-order valence-corrected chi connectivity index (χ2v) is 10.7. The first-order chi connectivity index (χ1) is 16.0. The van der Waals surface area contributed by atoms with Crippen molar-refractivity contribution < 1.29 is 27.6 Å². The minimum Gasteiger partial charge on any atom is -0.478 e. The van der Waals surface area contributed by atoms with Gasteiger partial charge in [-0.15, -0.1) is 0 Å². The maximum absolute atomic E-state index is 12.8. The number of hydrogen-bond acceptors (Lipinski definition) is 7. The summed E-state index contributed by atoms with van der Waals surface area (Å²) in [5, 5.41) is 11.6. The quantitative estimate of drug-likeness (QED) is 0.283. The second-order valence-electron chi connectivity index (χ2n) is 8.73. The van der Waals surface area contributed by atoms with Crippen LogP contribution in [0.15, 0.2) is 29.2 Å². The molecule has 186 valence electrons. The number of carbonyl (C=O) groups is 1. The van der Waals surface area contributed by atoms with Gasteiger partial charge in [-0.25, -0.2) is 8.42 Å². The maximum atomic E-state index is 12.8. The van der Waals surface area contributed by atoms with Gasteiger partial charge < -0.3 is 14.0 Å². The number of nitro benzene ring substituents is 1. The molecule has 1 fully saturated rings. The SMILES string of the molecule is Cc1cc(C(=O)COc2ccc(S(=O)(=O)N3CCOCC3)cc2[N+](=O)[O-])c(C)n1CCC(C)C. The second kappa shape index (κ2) is 10.7. The van der Waals surface area contributed by atoms with E-state index >= 15 is 0 Å². The van der Waals surface area contributed by atoms with E-state index in [2.05, 4.69) is 18.4 Å². The number of rotatable bonds is 10. The van der Waals surface area contributed by atoms with E-state index in [0.717, 1.165) is 30.4 Å². The Morgan fingerprint density at radius 1 is 1.21 bits per heavy atom. The average Bonchev–Trinajstić information content (AvgIpc) is 3.09. The Balaban J connectivity index is 1.78. The summed E-state index contributed by atoms with van der Waals surface area (Å²) in [6, 6.07) is 5.26. The third-order valence-corrected chi connectivity index (χ3v) is 7.79. The lowest BCUT2D eigenvalue weighted by atomic mass is 10.1. The molecule has 34 heavy (non-hydrogen) atoms. The molecule has 0 aliphatic carbocycles. The number of hydrogen-bond donors (Lipinski definition) is 0. The number of aryl methyl sites for hydroxylation is 1. The first-order valence-electron chi connectivity index (χ1n) is 11.2. The van der Waals surface area contributed by atoms with Crippen molar-refractivity contribution in [3.63, 3.8) is 0 Å². The lowest BCUT2D eigenvalue weighted by Gasteiger charge is -2.26. The smallest absolute Gasteiger partial charge is 0.312 e. The Morgan fingerprint density at radius 3 is 2.50 bits per heavy atom. The van der Waals surface area contributed by atoms with Crippen molar-refractivity contribution in [1.82, 2.24) is 8.87 Å². The van der Waals surface area contributed by atoms with Crippen LogP contribution in [0.3, 0.4) is 0 Å². The number of nitrogens with zero attached hydrogens (tertiary/aromatic N) is 3. The Labute approximate surface area is 199 Å². The molecule has 0 spiro atoms. The van der Waals surface area contributed by atoms with E-state index in [1.807, 2.05) is 13.8 Å². The van der Waals surface area contributed by atoms with Crippen LogP contribution >= 0.6 is 0 Å². The molecule has 0 radical (unpaired) electrons. The summed E-state index contributed by atoms with van der Waals surface area (Å²) >= 11 is 0. The Bertz CT molecular complexity index is 1170. The minimum atomic E-state index is -3.90. The van der Waals surface area contributed by atoms with Crippen LogP contribution in [-0.2, 0) is 21.3 Å². The molecular weight excluding hydrogens is 462 g/mol. The molecule has 0 amide bonds. The summed E-state index contributed by atoms with van der Waals surface area (Å²) in [6.45, 7) is 9.37. The van der Waals surface area contributed by atoms with Crippen molar-refractivity contribution in [3.8, 4) is 5.75 Å². The molecule has 3 rings (SSSR count). The average molecular weight is 494 g/mol. The number of Topliss-reactive ketones (excluding diaryl/α,β-unsaturated/α-hetero) is 1. The van der Waals surface area contributed by atoms with Gasteiger partial charge in [0, 0.05) is 42.7 Å². The van der Waals surface area contributed by atoms with Gasteiger partial charge >= 0.3 is 5.69 Å². The Morgan fingerprint density at radius 2 is 1.88 bits per heavy atom. The number of morpholine rings is 1. The molecule has 1 aromatic heterocycles. The number of ether oxygens (including phenoxy) is 2. The highest BCUT2D eigenvalue weighted by Gasteiger charge is 2.29. The lowest BCUT2D eigenvalue weighted by Crippen LogP contribution is -2.40. The molecule has 0 bridgehead atoms.